The predicted octanol–water partition coefficient (Wildman–Crippen LogP) is 3.17. The van der Waals surface area contributed by atoms with Crippen LogP contribution in [0.4, 0.5) is 0 Å². The largest absolute Gasteiger partial charge is 0.359 e. The van der Waals surface area contributed by atoms with Gasteiger partial charge in [0, 0.05) is 18.0 Å². The van der Waals surface area contributed by atoms with E-state index >= 15 is 0 Å². The molecular formula is C16H15N5. The molecule has 0 spiro atoms. The summed E-state index contributed by atoms with van der Waals surface area (Å²) in [6, 6.07) is 1.98. The summed E-state index contributed by atoms with van der Waals surface area (Å²) in [5.41, 5.74) is 5.33. The lowest BCUT2D eigenvalue weighted by atomic mass is 10.0. The van der Waals surface area contributed by atoms with Crippen molar-refractivity contribution in [3.63, 3.8) is 0 Å². The number of hydrogen-bond donors (Lipinski definition) is 1. The number of nitrogens with one attached hydrogen (secondary N) is 1. The van der Waals surface area contributed by atoms with E-state index in [2.05, 4.69) is 19.9 Å². The maximum atomic E-state index is 4.72. The molecule has 3 heterocycles. The van der Waals surface area contributed by atoms with Crippen molar-refractivity contribution in [2.24, 2.45) is 0 Å². The van der Waals surface area contributed by atoms with E-state index in [9.17, 15) is 0 Å². The molecule has 3 aromatic heterocycles. The van der Waals surface area contributed by atoms with Crippen LogP contribution in [-0.2, 0) is 0 Å². The van der Waals surface area contributed by atoms with Crippen LogP contribution < -0.4 is 0 Å². The highest BCUT2D eigenvalue weighted by molar-refractivity contribution is 5.77. The van der Waals surface area contributed by atoms with Crippen LogP contribution in [0.1, 0.15) is 48.9 Å². The van der Waals surface area contributed by atoms with E-state index in [1.807, 2.05) is 18.5 Å². The van der Waals surface area contributed by atoms with E-state index < -0.39 is 0 Å². The predicted molar refractivity (Wildman–Crippen MR) is 78.9 cm³/mol. The first-order chi connectivity index (χ1) is 10.4. The van der Waals surface area contributed by atoms with Gasteiger partial charge in [-0.05, 0) is 31.7 Å². The minimum absolute atomic E-state index is 0.575. The van der Waals surface area contributed by atoms with E-state index in [1.165, 1.54) is 25.7 Å². The lowest BCUT2D eigenvalue weighted by Crippen LogP contribution is -2.03. The lowest BCUT2D eigenvalue weighted by Gasteiger charge is -2.11. The second-order valence-corrected chi connectivity index (χ2v) is 6.04. The smallest absolute Gasteiger partial charge is 0.163 e. The third-order valence-corrected chi connectivity index (χ3v) is 4.36. The van der Waals surface area contributed by atoms with Gasteiger partial charge in [-0.3, -0.25) is 0 Å². The molecule has 0 amide bonds. The van der Waals surface area contributed by atoms with Crippen LogP contribution >= 0.6 is 0 Å². The van der Waals surface area contributed by atoms with Crippen molar-refractivity contribution in [1.29, 1.82) is 0 Å². The number of aromatic amines is 1. The van der Waals surface area contributed by atoms with Crippen molar-refractivity contribution >= 4 is 11.0 Å². The summed E-state index contributed by atoms with van der Waals surface area (Å²) in [7, 11) is 0. The fraction of sp³-hybridized carbons (Fsp3) is 0.375. The molecule has 0 atom stereocenters. The molecule has 3 aromatic rings. The third kappa shape index (κ3) is 1.84. The molecule has 5 nitrogen and oxygen atoms in total. The van der Waals surface area contributed by atoms with Crippen molar-refractivity contribution in [1.82, 2.24) is 24.9 Å². The molecule has 104 valence electrons. The topological polar surface area (TPSA) is 67.3 Å². The normalized spacial score (nSPS) is 18.3. The Hall–Kier alpha value is -2.30. The van der Waals surface area contributed by atoms with Crippen molar-refractivity contribution in [2.75, 3.05) is 0 Å². The first-order valence-corrected chi connectivity index (χ1v) is 7.55. The summed E-state index contributed by atoms with van der Waals surface area (Å²) >= 11 is 0. The first-order valence-electron chi connectivity index (χ1n) is 7.55. The van der Waals surface area contributed by atoms with Crippen LogP contribution in [0.3, 0.4) is 0 Å². The molecule has 21 heavy (non-hydrogen) atoms. The van der Waals surface area contributed by atoms with Crippen molar-refractivity contribution in [3.05, 3.63) is 36.2 Å². The van der Waals surface area contributed by atoms with Gasteiger partial charge in [0.15, 0.2) is 5.82 Å². The van der Waals surface area contributed by atoms with E-state index in [0.29, 0.717) is 11.8 Å². The Morgan fingerprint density at radius 1 is 0.952 bits per heavy atom. The minimum atomic E-state index is 0.575. The molecular weight excluding hydrogens is 262 g/mol. The monoisotopic (exact) mass is 277 g/mol. The Balaban J connectivity index is 1.75. The third-order valence-electron chi connectivity index (χ3n) is 4.36. The average molecular weight is 277 g/mol. The highest BCUT2D eigenvalue weighted by atomic mass is 14.9. The van der Waals surface area contributed by atoms with Gasteiger partial charge >= 0.3 is 0 Å². The van der Waals surface area contributed by atoms with Gasteiger partial charge in [-0.1, -0.05) is 0 Å². The average Bonchev–Trinajstić information content (AvgIpc) is 3.42. The summed E-state index contributed by atoms with van der Waals surface area (Å²) < 4.78 is 0. The molecule has 5 rings (SSSR count). The van der Waals surface area contributed by atoms with Gasteiger partial charge in [-0.15, -0.1) is 0 Å². The summed E-state index contributed by atoms with van der Waals surface area (Å²) in [6.07, 6.45) is 10.4. The first kappa shape index (κ1) is 11.4. The molecule has 2 saturated carbocycles. The van der Waals surface area contributed by atoms with Crippen molar-refractivity contribution in [3.8, 4) is 11.4 Å². The zero-order valence-electron chi connectivity index (χ0n) is 11.6. The van der Waals surface area contributed by atoms with Crippen molar-refractivity contribution < 1.29 is 0 Å². The van der Waals surface area contributed by atoms with Gasteiger partial charge in [0.2, 0.25) is 0 Å². The highest BCUT2D eigenvalue weighted by Crippen LogP contribution is 2.48. The zero-order chi connectivity index (χ0) is 13.8. The molecule has 0 unspecified atom stereocenters. The number of fused-ring (bicyclic) bond motifs is 1. The Bertz CT molecular complexity index is 799. The molecule has 2 aliphatic rings. The van der Waals surface area contributed by atoms with Gasteiger partial charge < -0.3 is 4.98 Å². The van der Waals surface area contributed by atoms with E-state index in [-0.39, 0.29) is 0 Å². The summed E-state index contributed by atoms with van der Waals surface area (Å²) in [4.78, 5) is 21.5. The number of nitrogens with zero attached hydrogens (tertiary/aromatic N) is 4. The summed E-state index contributed by atoms with van der Waals surface area (Å²) in [6.45, 7) is 0. The number of H-pyrrole nitrogens is 1. The summed E-state index contributed by atoms with van der Waals surface area (Å²) in [5, 5.41) is 0. The number of aromatic nitrogens is 5. The lowest BCUT2D eigenvalue weighted by molar-refractivity contribution is 0.919. The number of rotatable bonds is 3. The van der Waals surface area contributed by atoms with Gasteiger partial charge in [-0.2, -0.15) is 0 Å². The fourth-order valence-electron chi connectivity index (χ4n) is 2.94. The van der Waals surface area contributed by atoms with Gasteiger partial charge in [0.25, 0.3) is 0 Å². The maximum Gasteiger partial charge on any atom is 0.163 e. The minimum Gasteiger partial charge on any atom is -0.359 e. The Morgan fingerprint density at radius 3 is 2.33 bits per heavy atom. The Kier molecular flexibility index (Phi) is 2.22. The van der Waals surface area contributed by atoms with E-state index in [1.54, 1.807) is 6.33 Å². The molecule has 0 aromatic carbocycles. The fourth-order valence-corrected chi connectivity index (χ4v) is 2.94. The van der Waals surface area contributed by atoms with Crippen LogP contribution in [-0.4, -0.2) is 24.9 Å². The quantitative estimate of drug-likeness (QED) is 0.798. The van der Waals surface area contributed by atoms with E-state index in [0.717, 1.165) is 33.8 Å². The second kappa shape index (κ2) is 4.10. The zero-order valence-corrected chi connectivity index (χ0v) is 11.6. The molecule has 0 aliphatic heterocycles. The standard InChI is InChI=1S/C16H15N5/c1-2-9(1)14-13(15(10-3-4-10)20-8-19-14)16-18-7-12-11(21-16)5-6-17-12/h5-10,17H,1-4H2. The second-order valence-electron chi connectivity index (χ2n) is 6.04. The molecule has 0 radical (unpaired) electrons. The van der Waals surface area contributed by atoms with Crippen LogP contribution in [0.25, 0.3) is 22.4 Å². The number of hydrogen-bond acceptors (Lipinski definition) is 4. The van der Waals surface area contributed by atoms with Crippen molar-refractivity contribution in [2.45, 2.75) is 37.5 Å². The van der Waals surface area contributed by atoms with Gasteiger partial charge in [0.1, 0.15) is 6.33 Å². The Morgan fingerprint density at radius 2 is 1.67 bits per heavy atom. The van der Waals surface area contributed by atoms with Crippen LogP contribution in [0.5, 0.6) is 0 Å². The molecule has 0 bridgehead atoms. The molecule has 1 N–H and O–H groups in total. The molecule has 2 fully saturated rings. The van der Waals surface area contributed by atoms with Gasteiger partial charge in [-0.25, -0.2) is 19.9 Å². The van der Waals surface area contributed by atoms with E-state index in [4.69, 9.17) is 4.98 Å². The summed E-state index contributed by atoms with van der Waals surface area (Å²) in [5.74, 6) is 1.93. The highest BCUT2D eigenvalue weighted by Gasteiger charge is 2.35. The molecule has 5 heteroatoms. The van der Waals surface area contributed by atoms with Crippen LogP contribution in [0, 0.1) is 0 Å². The van der Waals surface area contributed by atoms with Gasteiger partial charge in [0.05, 0.1) is 34.2 Å². The SMILES string of the molecule is c1nc(C2CC2)c(-c2ncc3[nH]ccc3n2)c(C2CC2)n1. The molecule has 2 aliphatic carbocycles. The maximum absolute atomic E-state index is 4.72. The molecule has 0 saturated heterocycles. The van der Waals surface area contributed by atoms with Crippen LogP contribution in [0.2, 0.25) is 0 Å². The van der Waals surface area contributed by atoms with Crippen LogP contribution in [0.15, 0.2) is 24.8 Å². The Labute approximate surface area is 121 Å².